The van der Waals surface area contributed by atoms with Crippen molar-refractivity contribution in [1.82, 2.24) is 5.32 Å². The zero-order valence-electron chi connectivity index (χ0n) is 16.9. The van der Waals surface area contributed by atoms with E-state index in [0.29, 0.717) is 35.1 Å². The van der Waals surface area contributed by atoms with Crippen molar-refractivity contribution in [3.05, 3.63) is 53.6 Å². The van der Waals surface area contributed by atoms with Crippen LogP contribution in [0.5, 0.6) is 17.2 Å². The number of imide groups is 2. The highest BCUT2D eigenvalue weighted by Crippen LogP contribution is 2.30. The predicted molar refractivity (Wildman–Crippen MR) is 111 cm³/mol. The van der Waals surface area contributed by atoms with Gasteiger partial charge in [-0.3, -0.25) is 14.9 Å². The molecule has 2 aromatic rings. The van der Waals surface area contributed by atoms with Crippen LogP contribution in [0.4, 0.5) is 10.5 Å². The molecular formula is C22H19N3O6. The molecule has 1 heterocycles. The molecule has 0 spiro atoms. The molecule has 0 saturated carbocycles. The minimum Gasteiger partial charge on any atom is -0.494 e. The molecule has 0 unspecified atom stereocenters. The van der Waals surface area contributed by atoms with Crippen LogP contribution in [0.3, 0.4) is 0 Å². The lowest BCUT2D eigenvalue weighted by Crippen LogP contribution is -2.54. The van der Waals surface area contributed by atoms with Crippen molar-refractivity contribution in [3.63, 3.8) is 0 Å². The number of benzene rings is 2. The predicted octanol–water partition coefficient (Wildman–Crippen LogP) is 2.66. The van der Waals surface area contributed by atoms with Gasteiger partial charge in [-0.25, -0.2) is 9.69 Å². The number of nitrogens with one attached hydrogen (secondary N) is 1. The minimum absolute atomic E-state index is 0.156. The van der Waals surface area contributed by atoms with Crippen molar-refractivity contribution in [3.8, 4) is 23.3 Å². The zero-order chi connectivity index (χ0) is 22.4. The summed E-state index contributed by atoms with van der Waals surface area (Å²) in [5.74, 6) is -0.305. The summed E-state index contributed by atoms with van der Waals surface area (Å²) in [7, 11) is 1.43. The third kappa shape index (κ3) is 4.64. The maximum Gasteiger partial charge on any atom is 0.335 e. The molecule has 0 aliphatic carbocycles. The molecule has 2 aromatic carbocycles. The molecular weight excluding hydrogens is 402 g/mol. The Balaban J connectivity index is 1.92. The first kappa shape index (κ1) is 21.4. The largest absolute Gasteiger partial charge is 0.494 e. The molecule has 158 valence electrons. The van der Waals surface area contributed by atoms with Gasteiger partial charge in [-0.1, -0.05) is 6.07 Å². The van der Waals surface area contributed by atoms with E-state index in [-0.39, 0.29) is 12.2 Å². The van der Waals surface area contributed by atoms with Gasteiger partial charge < -0.3 is 14.2 Å². The van der Waals surface area contributed by atoms with Gasteiger partial charge in [0.15, 0.2) is 18.1 Å². The lowest BCUT2D eigenvalue weighted by Gasteiger charge is -2.26. The SMILES string of the molecule is CCOc1ccc(N2C(=O)NC(=O)/C(=C\c3ccc(OCC#N)c(OC)c3)C2=O)cc1. The summed E-state index contributed by atoms with van der Waals surface area (Å²) in [5.41, 5.74) is 0.545. The number of rotatable bonds is 7. The molecule has 31 heavy (non-hydrogen) atoms. The van der Waals surface area contributed by atoms with Gasteiger partial charge in [0.1, 0.15) is 17.4 Å². The third-order valence-electron chi connectivity index (χ3n) is 4.30. The van der Waals surface area contributed by atoms with E-state index in [1.54, 1.807) is 42.5 Å². The van der Waals surface area contributed by atoms with Crippen LogP contribution in [0.25, 0.3) is 6.08 Å². The molecule has 0 bridgehead atoms. The third-order valence-corrected chi connectivity index (χ3v) is 4.30. The van der Waals surface area contributed by atoms with Crippen LogP contribution in [-0.4, -0.2) is 38.2 Å². The summed E-state index contributed by atoms with van der Waals surface area (Å²) in [6.07, 6.45) is 1.35. The van der Waals surface area contributed by atoms with Crippen LogP contribution in [0, 0.1) is 11.3 Å². The number of nitriles is 1. The summed E-state index contributed by atoms with van der Waals surface area (Å²) in [4.78, 5) is 38.5. The van der Waals surface area contributed by atoms with E-state index >= 15 is 0 Å². The van der Waals surface area contributed by atoms with E-state index in [1.165, 1.54) is 13.2 Å². The topological polar surface area (TPSA) is 118 Å². The molecule has 9 heteroatoms. The molecule has 1 aliphatic heterocycles. The lowest BCUT2D eigenvalue weighted by molar-refractivity contribution is -0.122. The van der Waals surface area contributed by atoms with E-state index in [1.807, 2.05) is 13.0 Å². The summed E-state index contributed by atoms with van der Waals surface area (Å²) < 4.78 is 15.9. The first-order valence-corrected chi connectivity index (χ1v) is 9.30. The molecule has 1 fully saturated rings. The highest BCUT2D eigenvalue weighted by molar-refractivity contribution is 6.39. The average Bonchev–Trinajstić information content (AvgIpc) is 2.76. The number of hydrogen-bond donors (Lipinski definition) is 1. The Kier molecular flexibility index (Phi) is 6.52. The van der Waals surface area contributed by atoms with Crippen LogP contribution in [0.1, 0.15) is 12.5 Å². The Labute approximate surface area is 178 Å². The molecule has 4 amide bonds. The van der Waals surface area contributed by atoms with Crippen molar-refractivity contribution < 1.29 is 28.6 Å². The fraction of sp³-hybridized carbons (Fsp3) is 0.182. The highest BCUT2D eigenvalue weighted by atomic mass is 16.5. The summed E-state index contributed by atoms with van der Waals surface area (Å²) in [6, 6.07) is 12.1. The summed E-state index contributed by atoms with van der Waals surface area (Å²) in [6.45, 7) is 2.17. The maximum atomic E-state index is 13.0. The second-order valence-corrected chi connectivity index (χ2v) is 6.24. The van der Waals surface area contributed by atoms with Crippen LogP contribution >= 0.6 is 0 Å². The van der Waals surface area contributed by atoms with Crippen molar-refractivity contribution >= 4 is 29.6 Å². The number of urea groups is 1. The van der Waals surface area contributed by atoms with E-state index in [9.17, 15) is 14.4 Å². The zero-order valence-corrected chi connectivity index (χ0v) is 16.9. The maximum absolute atomic E-state index is 13.0. The Hall–Kier alpha value is -4.32. The summed E-state index contributed by atoms with van der Waals surface area (Å²) in [5, 5.41) is 10.8. The molecule has 1 N–H and O–H groups in total. The van der Waals surface area contributed by atoms with Gasteiger partial charge in [0.2, 0.25) is 0 Å². The number of barbiturate groups is 1. The van der Waals surface area contributed by atoms with E-state index in [0.717, 1.165) is 4.90 Å². The fourth-order valence-corrected chi connectivity index (χ4v) is 2.92. The highest BCUT2D eigenvalue weighted by Gasteiger charge is 2.36. The van der Waals surface area contributed by atoms with Gasteiger partial charge in [-0.15, -0.1) is 0 Å². The quantitative estimate of drug-likeness (QED) is 0.539. The van der Waals surface area contributed by atoms with E-state index in [4.69, 9.17) is 19.5 Å². The standard InChI is InChI=1S/C22H19N3O6/c1-3-30-16-7-5-15(6-8-16)25-21(27)17(20(26)24-22(25)28)12-14-4-9-18(31-11-10-23)19(13-14)29-2/h4-9,12-13H,3,11H2,1-2H3,(H,24,26,28)/b17-12+. The Bertz CT molecular complexity index is 1090. The number of amides is 4. The molecule has 1 aliphatic rings. The fourth-order valence-electron chi connectivity index (χ4n) is 2.92. The number of nitrogens with zero attached hydrogens (tertiary/aromatic N) is 2. The smallest absolute Gasteiger partial charge is 0.335 e. The normalized spacial score (nSPS) is 14.8. The van der Waals surface area contributed by atoms with Crippen molar-refractivity contribution in [2.75, 3.05) is 25.2 Å². The average molecular weight is 421 g/mol. The Morgan fingerprint density at radius 1 is 1.06 bits per heavy atom. The minimum atomic E-state index is -0.839. The monoisotopic (exact) mass is 421 g/mol. The van der Waals surface area contributed by atoms with Gasteiger partial charge in [-0.05, 0) is 55.0 Å². The molecule has 9 nitrogen and oxygen atoms in total. The number of ether oxygens (including phenoxy) is 3. The first-order valence-electron chi connectivity index (χ1n) is 9.30. The Morgan fingerprint density at radius 2 is 1.81 bits per heavy atom. The van der Waals surface area contributed by atoms with Gasteiger partial charge >= 0.3 is 6.03 Å². The van der Waals surface area contributed by atoms with Crippen molar-refractivity contribution in [2.45, 2.75) is 6.92 Å². The summed E-state index contributed by atoms with van der Waals surface area (Å²) >= 11 is 0. The van der Waals surface area contributed by atoms with Crippen molar-refractivity contribution in [2.24, 2.45) is 0 Å². The van der Waals surface area contributed by atoms with Crippen LogP contribution < -0.4 is 24.4 Å². The van der Waals surface area contributed by atoms with Crippen molar-refractivity contribution in [1.29, 1.82) is 5.26 Å². The van der Waals surface area contributed by atoms with Gasteiger partial charge in [-0.2, -0.15) is 5.26 Å². The molecule has 3 rings (SSSR count). The van der Waals surface area contributed by atoms with Gasteiger partial charge in [0, 0.05) is 0 Å². The van der Waals surface area contributed by atoms with E-state index in [2.05, 4.69) is 5.32 Å². The molecule has 0 aromatic heterocycles. The van der Waals surface area contributed by atoms with E-state index < -0.39 is 17.8 Å². The lowest BCUT2D eigenvalue weighted by atomic mass is 10.1. The number of carbonyl (C=O) groups is 3. The molecule has 0 radical (unpaired) electrons. The molecule has 1 saturated heterocycles. The second kappa shape index (κ2) is 9.45. The Morgan fingerprint density at radius 3 is 2.45 bits per heavy atom. The number of anilines is 1. The van der Waals surface area contributed by atoms with Crippen LogP contribution in [0.15, 0.2) is 48.0 Å². The number of methoxy groups -OCH3 is 1. The second-order valence-electron chi connectivity index (χ2n) is 6.24. The first-order chi connectivity index (χ1) is 15.0. The van der Waals surface area contributed by atoms with Crippen LogP contribution in [0.2, 0.25) is 0 Å². The van der Waals surface area contributed by atoms with Crippen LogP contribution in [-0.2, 0) is 9.59 Å². The van der Waals surface area contributed by atoms with Gasteiger partial charge in [0.25, 0.3) is 11.8 Å². The number of carbonyl (C=O) groups excluding carboxylic acids is 3. The molecule has 0 atom stereocenters. The van der Waals surface area contributed by atoms with Gasteiger partial charge in [0.05, 0.1) is 19.4 Å². The number of hydrogen-bond acceptors (Lipinski definition) is 7.